The Morgan fingerprint density at radius 1 is 0.962 bits per heavy atom. The first-order valence-electron chi connectivity index (χ1n) is 9.29. The van der Waals surface area contributed by atoms with Gasteiger partial charge in [0.15, 0.2) is 0 Å². The third-order valence-corrected chi connectivity index (χ3v) is 5.41. The zero-order valence-corrected chi connectivity index (χ0v) is 15.3. The van der Waals surface area contributed by atoms with Crippen molar-refractivity contribution in [3.63, 3.8) is 0 Å². The summed E-state index contributed by atoms with van der Waals surface area (Å²) in [4.78, 5) is 29.7. The smallest absolute Gasteiger partial charge is 0.251 e. The van der Waals surface area contributed by atoms with Crippen LogP contribution in [0.2, 0.25) is 0 Å². The standard InChI is InChI=1S/C22H24N2O2/c1-15-7-6-8-16(2)21(15)24-20(25)13-19(22(24)26)23(18-11-12-18)14-17-9-4-3-5-10-17/h3-10,18-19H,11-14H2,1-2H3. The van der Waals surface area contributed by atoms with Gasteiger partial charge in [-0.1, -0.05) is 48.5 Å². The molecule has 4 heteroatoms. The second-order valence-corrected chi connectivity index (χ2v) is 7.42. The number of aryl methyl sites for hydroxylation is 2. The number of rotatable bonds is 5. The van der Waals surface area contributed by atoms with Gasteiger partial charge in [-0.3, -0.25) is 14.5 Å². The lowest BCUT2D eigenvalue weighted by atomic mass is 10.1. The third-order valence-electron chi connectivity index (χ3n) is 5.41. The Kier molecular flexibility index (Phi) is 4.37. The molecule has 134 valence electrons. The Morgan fingerprint density at radius 3 is 2.23 bits per heavy atom. The fraction of sp³-hybridized carbons (Fsp3) is 0.364. The van der Waals surface area contributed by atoms with Crippen molar-refractivity contribution in [3.05, 3.63) is 65.2 Å². The van der Waals surface area contributed by atoms with E-state index in [1.54, 1.807) is 0 Å². The maximum absolute atomic E-state index is 13.2. The van der Waals surface area contributed by atoms with E-state index in [9.17, 15) is 9.59 Å². The summed E-state index contributed by atoms with van der Waals surface area (Å²) < 4.78 is 0. The summed E-state index contributed by atoms with van der Waals surface area (Å²) in [6.07, 6.45) is 2.48. The molecule has 1 aliphatic heterocycles. The molecule has 26 heavy (non-hydrogen) atoms. The monoisotopic (exact) mass is 348 g/mol. The minimum atomic E-state index is -0.353. The highest BCUT2D eigenvalue weighted by atomic mass is 16.2. The summed E-state index contributed by atoms with van der Waals surface area (Å²) in [5.74, 6) is -0.161. The Bertz CT molecular complexity index is 822. The van der Waals surface area contributed by atoms with Crippen LogP contribution in [0.25, 0.3) is 0 Å². The number of imide groups is 1. The van der Waals surface area contributed by atoms with E-state index in [4.69, 9.17) is 0 Å². The molecule has 0 spiro atoms. The molecule has 2 aliphatic rings. The van der Waals surface area contributed by atoms with E-state index in [0.717, 1.165) is 36.2 Å². The Morgan fingerprint density at radius 2 is 1.62 bits per heavy atom. The summed E-state index contributed by atoms with van der Waals surface area (Å²) in [7, 11) is 0. The molecule has 4 rings (SSSR count). The van der Waals surface area contributed by atoms with Crippen LogP contribution in [-0.2, 0) is 16.1 Å². The molecule has 2 aromatic carbocycles. The minimum absolute atomic E-state index is 0.0739. The first-order valence-corrected chi connectivity index (χ1v) is 9.29. The molecule has 1 atom stereocenters. The van der Waals surface area contributed by atoms with Crippen LogP contribution in [0.15, 0.2) is 48.5 Å². The zero-order chi connectivity index (χ0) is 18.3. The molecule has 4 nitrogen and oxygen atoms in total. The molecule has 1 heterocycles. The van der Waals surface area contributed by atoms with Crippen molar-refractivity contribution in [2.45, 2.75) is 51.7 Å². The van der Waals surface area contributed by atoms with E-state index in [1.807, 2.05) is 50.2 Å². The zero-order valence-electron chi connectivity index (χ0n) is 15.3. The lowest BCUT2D eigenvalue weighted by Crippen LogP contribution is -2.43. The predicted molar refractivity (Wildman–Crippen MR) is 102 cm³/mol. The second-order valence-electron chi connectivity index (χ2n) is 7.42. The van der Waals surface area contributed by atoms with E-state index in [1.165, 1.54) is 10.5 Å². The number of benzene rings is 2. The lowest BCUT2D eigenvalue weighted by Gasteiger charge is -2.28. The number of hydrogen-bond acceptors (Lipinski definition) is 3. The van der Waals surface area contributed by atoms with E-state index in [0.29, 0.717) is 6.04 Å². The van der Waals surface area contributed by atoms with Crippen molar-refractivity contribution in [2.75, 3.05) is 4.90 Å². The molecule has 0 radical (unpaired) electrons. The molecular formula is C22H24N2O2. The Labute approximate surface area is 154 Å². The summed E-state index contributed by atoms with van der Waals surface area (Å²) in [5.41, 5.74) is 3.88. The molecule has 1 unspecified atom stereocenters. The molecule has 2 fully saturated rings. The normalized spacial score (nSPS) is 20.3. The van der Waals surface area contributed by atoms with Gasteiger partial charge in [-0.2, -0.15) is 0 Å². The quantitative estimate of drug-likeness (QED) is 0.775. The van der Waals surface area contributed by atoms with Crippen LogP contribution in [0.1, 0.15) is 36.0 Å². The van der Waals surface area contributed by atoms with Crippen LogP contribution in [0.4, 0.5) is 5.69 Å². The highest BCUT2D eigenvalue weighted by Gasteiger charge is 2.47. The van der Waals surface area contributed by atoms with Gasteiger partial charge in [0, 0.05) is 12.6 Å². The van der Waals surface area contributed by atoms with Gasteiger partial charge in [-0.05, 0) is 43.4 Å². The van der Waals surface area contributed by atoms with Crippen LogP contribution in [0.5, 0.6) is 0 Å². The summed E-state index contributed by atoms with van der Waals surface area (Å²) in [6, 6.07) is 16.1. The van der Waals surface area contributed by atoms with Crippen LogP contribution < -0.4 is 4.90 Å². The average Bonchev–Trinajstić information content (AvgIpc) is 3.42. The SMILES string of the molecule is Cc1cccc(C)c1N1C(=O)CC(N(Cc2ccccc2)C2CC2)C1=O. The van der Waals surface area contributed by atoms with Crippen LogP contribution in [0, 0.1) is 13.8 Å². The lowest BCUT2D eigenvalue weighted by molar-refractivity contribution is -0.123. The van der Waals surface area contributed by atoms with Gasteiger partial charge >= 0.3 is 0 Å². The molecule has 2 aromatic rings. The number of amides is 2. The Balaban J connectivity index is 1.63. The van der Waals surface area contributed by atoms with Crippen molar-refractivity contribution in [2.24, 2.45) is 0 Å². The maximum Gasteiger partial charge on any atom is 0.251 e. The van der Waals surface area contributed by atoms with E-state index < -0.39 is 0 Å². The fourth-order valence-electron chi connectivity index (χ4n) is 3.96. The van der Waals surface area contributed by atoms with Gasteiger partial charge in [0.25, 0.3) is 5.91 Å². The second kappa shape index (κ2) is 6.69. The van der Waals surface area contributed by atoms with Crippen LogP contribution in [-0.4, -0.2) is 28.8 Å². The summed E-state index contributed by atoms with van der Waals surface area (Å²) in [6.45, 7) is 4.63. The van der Waals surface area contributed by atoms with Gasteiger partial charge in [0.05, 0.1) is 18.2 Å². The number of para-hydroxylation sites is 1. The first kappa shape index (κ1) is 17.0. The van der Waals surface area contributed by atoms with Gasteiger partial charge in [0.1, 0.15) is 0 Å². The minimum Gasteiger partial charge on any atom is -0.284 e. The van der Waals surface area contributed by atoms with Crippen molar-refractivity contribution < 1.29 is 9.59 Å². The third kappa shape index (κ3) is 3.06. The first-order chi connectivity index (χ1) is 12.6. The highest BCUT2D eigenvalue weighted by Crippen LogP contribution is 2.36. The van der Waals surface area contributed by atoms with Gasteiger partial charge in [0.2, 0.25) is 5.91 Å². The molecule has 1 aliphatic carbocycles. The van der Waals surface area contributed by atoms with Crippen LogP contribution in [0.3, 0.4) is 0 Å². The van der Waals surface area contributed by atoms with E-state index in [-0.39, 0.29) is 24.3 Å². The van der Waals surface area contributed by atoms with Gasteiger partial charge < -0.3 is 0 Å². The molecule has 1 saturated heterocycles. The topological polar surface area (TPSA) is 40.6 Å². The highest BCUT2D eigenvalue weighted by molar-refractivity contribution is 6.23. The molecule has 0 bridgehead atoms. The number of nitrogens with zero attached hydrogens (tertiary/aromatic N) is 2. The molecule has 2 amide bonds. The van der Waals surface area contributed by atoms with E-state index >= 15 is 0 Å². The van der Waals surface area contributed by atoms with Crippen molar-refractivity contribution >= 4 is 17.5 Å². The summed E-state index contributed by atoms with van der Waals surface area (Å²) in [5, 5.41) is 0. The average molecular weight is 348 g/mol. The molecular weight excluding hydrogens is 324 g/mol. The predicted octanol–water partition coefficient (Wildman–Crippen LogP) is 3.60. The van der Waals surface area contributed by atoms with Crippen molar-refractivity contribution in [1.82, 2.24) is 4.90 Å². The van der Waals surface area contributed by atoms with Crippen molar-refractivity contribution in [3.8, 4) is 0 Å². The Hall–Kier alpha value is -2.46. The molecule has 0 aromatic heterocycles. The van der Waals surface area contributed by atoms with Gasteiger partial charge in [-0.25, -0.2) is 4.90 Å². The fourth-order valence-corrected chi connectivity index (χ4v) is 3.96. The maximum atomic E-state index is 13.2. The summed E-state index contributed by atoms with van der Waals surface area (Å²) >= 11 is 0. The van der Waals surface area contributed by atoms with E-state index in [2.05, 4.69) is 17.0 Å². The number of hydrogen-bond donors (Lipinski definition) is 0. The largest absolute Gasteiger partial charge is 0.284 e. The van der Waals surface area contributed by atoms with Crippen LogP contribution >= 0.6 is 0 Å². The molecule has 0 N–H and O–H groups in total. The molecule has 1 saturated carbocycles. The van der Waals surface area contributed by atoms with Gasteiger partial charge in [-0.15, -0.1) is 0 Å². The van der Waals surface area contributed by atoms with Crippen molar-refractivity contribution in [1.29, 1.82) is 0 Å². The number of carbonyl (C=O) groups is 2. The number of anilines is 1. The number of carbonyl (C=O) groups excluding carboxylic acids is 2.